The van der Waals surface area contributed by atoms with Crippen molar-refractivity contribution >= 4 is 34.6 Å². The summed E-state index contributed by atoms with van der Waals surface area (Å²) in [5.41, 5.74) is 2.72. The number of nitrogens with zero attached hydrogens (tertiary/aromatic N) is 1. The Bertz CT molecular complexity index is 764. The number of nitrogens with one attached hydrogen (secondary N) is 1. The molecule has 2 aromatic carbocycles. The van der Waals surface area contributed by atoms with Crippen LogP contribution >= 0.6 is 11.8 Å². The Morgan fingerprint density at radius 1 is 1.09 bits per heavy atom. The molecule has 1 heterocycles. The lowest BCUT2D eigenvalue weighted by atomic mass is 10.2. The maximum atomic E-state index is 12.9. The second-order valence-electron chi connectivity index (χ2n) is 4.87. The van der Waals surface area contributed by atoms with E-state index in [4.69, 9.17) is 0 Å². The SMILES string of the molecule is Cc1ccc(N=C2NC(=O)/C(=C\c3ccc(F)cc3)S2)cc1. The minimum atomic E-state index is -0.299. The van der Waals surface area contributed by atoms with Crippen molar-refractivity contribution in [3.63, 3.8) is 0 Å². The molecular weight excluding hydrogens is 299 g/mol. The van der Waals surface area contributed by atoms with E-state index >= 15 is 0 Å². The van der Waals surface area contributed by atoms with E-state index in [-0.39, 0.29) is 11.7 Å². The van der Waals surface area contributed by atoms with E-state index in [1.54, 1.807) is 18.2 Å². The zero-order chi connectivity index (χ0) is 15.5. The average molecular weight is 312 g/mol. The lowest BCUT2D eigenvalue weighted by molar-refractivity contribution is -0.115. The summed E-state index contributed by atoms with van der Waals surface area (Å²) in [6.45, 7) is 2.01. The Morgan fingerprint density at radius 2 is 1.77 bits per heavy atom. The number of halogens is 1. The molecule has 1 fully saturated rings. The van der Waals surface area contributed by atoms with Crippen LogP contribution in [0, 0.1) is 12.7 Å². The summed E-state index contributed by atoms with van der Waals surface area (Å²) in [4.78, 5) is 16.9. The highest BCUT2D eigenvalue weighted by molar-refractivity contribution is 8.18. The summed E-state index contributed by atoms with van der Waals surface area (Å²) in [6.07, 6.45) is 1.72. The molecule has 0 bridgehead atoms. The Balaban J connectivity index is 1.80. The van der Waals surface area contributed by atoms with Gasteiger partial charge < -0.3 is 5.32 Å². The molecule has 0 saturated carbocycles. The maximum absolute atomic E-state index is 12.9. The van der Waals surface area contributed by atoms with Crippen LogP contribution < -0.4 is 5.32 Å². The highest BCUT2D eigenvalue weighted by Crippen LogP contribution is 2.28. The van der Waals surface area contributed by atoms with Crippen molar-refractivity contribution in [3.8, 4) is 0 Å². The number of amidine groups is 1. The molecule has 2 aromatic rings. The van der Waals surface area contributed by atoms with Crippen molar-refractivity contribution in [2.24, 2.45) is 4.99 Å². The predicted octanol–water partition coefficient (Wildman–Crippen LogP) is 4.03. The van der Waals surface area contributed by atoms with Crippen molar-refractivity contribution in [1.82, 2.24) is 5.32 Å². The Hall–Kier alpha value is -2.40. The van der Waals surface area contributed by atoms with Crippen LogP contribution in [-0.2, 0) is 4.79 Å². The highest BCUT2D eigenvalue weighted by atomic mass is 32.2. The zero-order valence-corrected chi connectivity index (χ0v) is 12.7. The second-order valence-corrected chi connectivity index (χ2v) is 5.90. The van der Waals surface area contributed by atoms with Crippen molar-refractivity contribution in [2.45, 2.75) is 6.92 Å². The van der Waals surface area contributed by atoms with E-state index in [1.165, 1.54) is 23.9 Å². The van der Waals surface area contributed by atoms with Gasteiger partial charge in [-0.1, -0.05) is 29.8 Å². The second kappa shape index (κ2) is 6.15. The molecule has 0 aromatic heterocycles. The van der Waals surface area contributed by atoms with Crippen molar-refractivity contribution in [1.29, 1.82) is 0 Å². The van der Waals surface area contributed by atoms with Crippen LogP contribution in [0.3, 0.4) is 0 Å². The first-order valence-electron chi connectivity index (χ1n) is 6.72. The van der Waals surface area contributed by atoms with E-state index in [9.17, 15) is 9.18 Å². The van der Waals surface area contributed by atoms with E-state index in [0.717, 1.165) is 16.8 Å². The van der Waals surface area contributed by atoms with Gasteiger partial charge in [0.1, 0.15) is 5.82 Å². The number of thioether (sulfide) groups is 1. The van der Waals surface area contributed by atoms with Gasteiger partial charge in [-0.3, -0.25) is 4.79 Å². The van der Waals surface area contributed by atoms with Gasteiger partial charge in [-0.2, -0.15) is 0 Å². The third-order valence-corrected chi connectivity index (χ3v) is 3.99. The van der Waals surface area contributed by atoms with Gasteiger partial charge in [0.15, 0.2) is 5.17 Å². The van der Waals surface area contributed by atoms with E-state index in [2.05, 4.69) is 10.3 Å². The molecule has 5 heteroatoms. The fraction of sp³-hybridized carbons (Fsp3) is 0.0588. The van der Waals surface area contributed by atoms with Crippen LogP contribution in [0.2, 0.25) is 0 Å². The third kappa shape index (κ3) is 3.43. The fourth-order valence-electron chi connectivity index (χ4n) is 1.93. The number of hydrogen-bond donors (Lipinski definition) is 1. The van der Waals surface area contributed by atoms with Crippen molar-refractivity contribution < 1.29 is 9.18 Å². The first kappa shape index (κ1) is 14.5. The Labute approximate surface area is 132 Å². The molecule has 3 rings (SSSR count). The molecule has 0 unspecified atom stereocenters. The molecular formula is C17H13FN2OS. The number of carbonyl (C=O) groups is 1. The molecule has 0 radical (unpaired) electrons. The van der Waals surface area contributed by atoms with Crippen LogP contribution in [0.5, 0.6) is 0 Å². The molecule has 0 spiro atoms. The quantitative estimate of drug-likeness (QED) is 0.851. The summed E-state index contributed by atoms with van der Waals surface area (Å²) in [6, 6.07) is 13.7. The van der Waals surface area contributed by atoms with Crippen LogP contribution in [0.15, 0.2) is 58.4 Å². The normalized spacial score (nSPS) is 18.0. The van der Waals surface area contributed by atoms with Gasteiger partial charge in [-0.05, 0) is 54.6 Å². The van der Waals surface area contributed by atoms with Gasteiger partial charge in [-0.15, -0.1) is 0 Å². The number of benzene rings is 2. The third-order valence-electron chi connectivity index (χ3n) is 3.08. The molecule has 1 aliphatic heterocycles. The summed E-state index contributed by atoms with van der Waals surface area (Å²) in [5, 5.41) is 3.27. The van der Waals surface area contributed by atoms with Crippen LogP contribution in [0.1, 0.15) is 11.1 Å². The van der Waals surface area contributed by atoms with Crippen LogP contribution in [-0.4, -0.2) is 11.1 Å². The summed E-state index contributed by atoms with van der Waals surface area (Å²) in [5.74, 6) is -0.493. The summed E-state index contributed by atoms with van der Waals surface area (Å²) in [7, 11) is 0. The minimum absolute atomic E-state index is 0.194. The molecule has 110 valence electrons. The van der Waals surface area contributed by atoms with E-state index in [0.29, 0.717) is 10.1 Å². The van der Waals surface area contributed by atoms with Crippen LogP contribution in [0.4, 0.5) is 10.1 Å². The van der Waals surface area contributed by atoms with Gasteiger partial charge >= 0.3 is 0 Å². The van der Waals surface area contributed by atoms with Gasteiger partial charge in [0, 0.05) is 0 Å². The summed E-state index contributed by atoms with van der Waals surface area (Å²) < 4.78 is 12.9. The number of aryl methyl sites for hydroxylation is 1. The van der Waals surface area contributed by atoms with Crippen LogP contribution in [0.25, 0.3) is 6.08 Å². The fourth-order valence-corrected chi connectivity index (χ4v) is 2.77. The molecule has 1 N–H and O–H groups in total. The maximum Gasteiger partial charge on any atom is 0.264 e. The molecule has 22 heavy (non-hydrogen) atoms. The molecule has 1 amide bonds. The van der Waals surface area contributed by atoms with Gasteiger partial charge in [0.2, 0.25) is 0 Å². The van der Waals surface area contributed by atoms with Gasteiger partial charge in [-0.25, -0.2) is 9.38 Å². The van der Waals surface area contributed by atoms with Crippen molar-refractivity contribution in [3.05, 3.63) is 70.4 Å². The molecule has 0 atom stereocenters. The Kier molecular flexibility index (Phi) is 4.06. The number of amides is 1. The Morgan fingerprint density at radius 3 is 2.45 bits per heavy atom. The monoisotopic (exact) mass is 312 g/mol. The number of hydrogen-bond acceptors (Lipinski definition) is 3. The standard InChI is InChI=1S/C17H13FN2OS/c1-11-2-8-14(9-3-11)19-17-20-16(21)15(22-17)10-12-4-6-13(18)7-5-12/h2-10H,1H3,(H,19,20,21)/b15-10+. The molecule has 1 saturated heterocycles. The highest BCUT2D eigenvalue weighted by Gasteiger charge is 2.23. The minimum Gasteiger partial charge on any atom is -0.300 e. The smallest absolute Gasteiger partial charge is 0.264 e. The van der Waals surface area contributed by atoms with Gasteiger partial charge in [0.05, 0.1) is 10.6 Å². The average Bonchev–Trinajstić information content (AvgIpc) is 2.84. The number of carbonyl (C=O) groups excluding carboxylic acids is 1. The first-order chi connectivity index (χ1) is 10.6. The largest absolute Gasteiger partial charge is 0.300 e. The summed E-state index contributed by atoms with van der Waals surface area (Å²) >= 11 is 1.27. The number of aliphatic imine (C=N–C) groups is 1. The first-order valence-corrected chi connectivity index (χ1v) is 7.54. The van der Waals surface area contributed by atoms with E-state index < -0.39 is 0 Å². The zero-order valence-electron chi connectivity index (χ0n) is 11.8. The lowest BCUT2D eigenvalue weighted by Crippen LogP contribution is -2.19. The molecule has 3 nitrogen and oxygen atoms in total. The topological polar surface area (TPSA) is 41.5 Å². The molecule has 0 aliphatic carbocycles. The molecule has 1 aliphatic rings. The predicted molar refractivity (Wildman–Crippen MR) is 88.4 cm³/mol. The van der Waals surface area contributed by atoms with Crippen molar-refractivity contribution in [2.75, 3.05) is 0 Å². The van der Waals surface area contributed by atoms with E-state index in [1.807, 2.05) is 31.2 Å². The van der Waals surface area contributed by atoms with Gasteiger partial charge in [0.25, 0.3) is 5.91 Å². The number of rotatable bonds is 2. The lowest BCUT2D eigenvalue weighted by Gasteiger charge is -1.97.